The first-order valence-electron chi connectivity index (χ1n) is 14.3. The fourth-order valence-corrected chi connectivity index (χ4v) is 6.27. The number of benzene rings is 1. The first-order valence-corrected chi connectivity index (χ1v) is 14.3. The van der Waals surface area contributed by atoms with Crippen LogP contribution in [0.4, 0.5) is 13.2 Å². The van der Waals surface area contributed by atoms with Gasteiger partial charge in [-0.2, -0.15) is 13.2 Å². The molecule has 1 aromatic rings. The zero-order chi connectivity index (χ0) is 27.9. The number of hydrogen-bond acceptors (Lipinski definition) is 0. The summed E-state index contributed by atoms with van der Waals surface area (Å²) >= 11 is 0. The van der Waals surface area contributed by atoms with E-state index >= 15 is 0 Å². The molecule has 208 valence electrons. The van der Waals surface area contributed by atoms with Crippen LogP contribution in [-0.2, 0) is 0 Å². The molecule has 0 aromatic heterocycles. The van der Waals surface area contributed by atoms with Crippen LogP contribution < -0.4 is 0 Å². The van der Waals surface area contributed by atoms with E-state index in [9.17, 15) is 13.2 Å². The lowest BCUT2D eigenvalue weighted by atomic mass is 9.60. The van der Waals surface area contributed by atoms with Crippen LogP contribution in [0.15, 0.2) is 78.4 Å². The van der Waals surface area contributed by atoms with Crippen LogP contribution in [0, 0.1) is 11.3 Å². The second-order valence-electron chi connectivity index (χ2n) is 11.1. The molecular weight excluding hydrogens is 465 g/mol. The molecule has 0 saturated heterocycles. The van der Waals surface area contributed by atoms with Crippen molar-refractivity contribution in [3.63, 3.8) is 0 Å². The van der Waals surface area contributed by atoms with E-state index in [-0.39, 0.29) is 6.42 Å². The summed E-state index contributed by atoms with van der Waals surface area (Å²) in [6, 6.07) is 11.3. The Kier molecular flexibility index (Phi) is 14.9. The van der Waals surface area contributed by atoms with Gasteiger partial charge >= 0.3 is 6.18 Å². The molecule has 0 heterocycles. The van der Waals surface area contributed by atoms with Gasteiger partial charge < -0.3 is 0 Å². The van der Waals surface area contributed by atoms with Crippen molar-refractivity contribution in [1.82, 2.24) is 0 Å². The summed E-state index contributed by atoms with van der Waals surface area (Å²) in [5.74, 6) is 1.75. The van der Waals surface area contributed by atoms with E-state index in [0.717, 1.165) is 23.0 Å². The standard InChI is InChI=1S/C21H34.C13H17F3/c1-4-10-18-15-20(19-11-8-7-9-12-19)17-21(16-18,13-5-2)14-6-3;1-5-6-7-12(10(2)3)11(4)8-9-13(14,15)16/h7-9,11-12,18,20H,4-6,10,13-17H2,1-3H3;5-7H,1-2,8-9H2,3-4H3/b;7-6-,12-11-. The Morgan fingerprint density at radius 2 is 1.62 bits per heavy atom. The van der Waals surface area contributed by atoms with Crippen molar-refractivity contribution < 1.29 is 13.2 Å². The predicted molar refractivity (Wildman–Crippen MR) is 156 cm³/mol. The second kappa shape index (κ2) is 16.7. The molecule has 1 saturated carbocycles. The maximum atomic E-state index is 12.1. The highest BCUT2D eigenvalue weighted by molar-refractivity contribution is 5.41. The Hall–Kier alpha value is -2.03. The molecule has 0 bridgehead atoms. The van der Waals surface area contributed by atoms with Gasteiger partial charge in [-0.1, -0.05) is 119 Å². The molecule has 1 fully saturated rings. The molecule has 2 unspecified atom stereocenters. The highest BCUT2D eigenvalue weighted by Crippen LogP contribution is 2.52. The van der Waals surface area contributed by atoms with Crippen molar-refractivity contribution in [2.75, 3.05) is 0 Å². The minimum absolute atomic E-state index is 0.00712. The molecule has 0 amide bonds. The smallest absolute Gasteiger partial charge is 0.171 e. The zero-order valence-corrected chi connectivity index (χ0v) is 24.1. The van der Waals surface area contributed by atoms with E-state index in [1.54, 1.807) is 37.6 Å². The fraction of sp³-hybridized carbons (Fsp3) is 0.588. The summed E-state index contributed by atoms with van der Waals surface area (Å²) in [5, 5.41) is 0. The fourth-order valence-electron chi connectivity index (χ4n) is 6.27. The lowest BCUT2D eigenvalue weighted by Gasteiger charge is -2.45. The Morgan fingerprint density at radius 3 is 2.11 bits per heavy atom. The van der Waals surface area contributed by atoms with E-state index in [1.807, 2.05) is 0 Å². The minimum atomic E-state index is -4.11. The van der Waals surface area contributed by atoms with E-state index < -0.39 is 12.6 Å². The van der Waals surface area contributed by atoms with Crippen LogP contribution >= 0.6 is 0 Å². The molecule has 0 nitrogen and oxygen atoms in total. The molecule has 0 radical (unpaired) electrons. The van der Waals surface area contributed by atoms with Gasteiger partial charge in [0.25, 0.3) is 0 Å². The van der Waals surface area contributed by atoms with E-state index in [4.69, 9.17) is 0 Å². The number of rotatable bonds is 12. The predicted octanol–water partition coefficient (Wildman–Crippen LogP) is 11.9. The second-order valence-corrected chi connectivity index (χ2v) is 11.1. The van der Waals surface area contributed by atoms with Crippen LogP contribution in [0.5, 0.6) is 0 Å². The first kappa shape index (κ1) is 33.0. The molecule has 37 heavy (non-hydrogen) atoms. The Labute approximate surface area is 225 Å². The topological polar surface area (TPSA) is 0 Å². The van der Waals surface area contributed by atoms with Gasteiger partial charge in [0.2, 0.25) is 0 Å². The largest absolute Gasteiger partial charge is 0.389 e. The third-order valence-electron chi connectivity index (χ3n) is 7.65. The third-order valence-corrected chi connectivity index (χ3v) is 7.65. The average molecular weight is 517 g/mol. The Balaban J connectivity index is 0.000000387. The molecule has 0 aliphatic heterocycles. The average Bonchev–Trinajstić information content (AvgIpc) is 2.84. The molecular formula is C34H51F3. The number of alkyl halides is 3. The van der Waals surface area contributed by atoms with Gasteiger partial charge in [-0.25, -0.2) is 0 Å². The van der Waals surface area contributed by atoms with Crippen LogP contribution in [-0.4, -0.2) is 6.18 Å². The summed E-state index contributed by atoms with van der Waals surface area (Å²) in [6.07, 6.45) is 12.8. The van der Waals surface area contributed by atoms with Crippen molar-refractivity contribution in [3.8, 4) is 0 Å². The van der Waals surface area contributed by atoms with Crippen molar-refractivity contribution in [1.29, 1.82) is 0 Å². The van der Waals surface area contributed by atoms with Gasteiger partial charge in [0.05, 0.1) is 0 Å². The summed E-state index contributed by atoms with van der Waals surface area (Å²) in [6.45, 7) is 17.8. The van der Waals surface area contributed by atoms with Crippen LogP contribution in [0.2, 0.25) is 0 Å². The Morgan fingerprint density at radius 1 is 1.00 bits per heavy atom. The van der Waals surface area contributed by atoms with Gasteiger partial charge in [0.1, 0.15) is 0 Å². The molecule has 0 spiro atoms. The summed E-state index contributed by atoms with van der Waals surface area (Å²) in [4.78, 5) is 0. The molecule has 2 atom stereocenters. The summed E-state index contributed by atoms with van der Waals surface area (Å²) in [5.41, 5.74) is 4.45. The molecule has 1 aliphatic carbocycles. The van der Waals surface area contributed by atoms with Gasteiger partial charge in [-0.05, 0) is 80.8 Å². The van der Waals surface area contributed by atoms with Crippen molar-refractivity contribution in [2.45, 2.75) is 117 Å². The highest BCUT2D eigenvalue weighted by atomic mass is 19.4. The summed E-state index contributed by atoms with van der Waals surface area (Å²) in [7, 11) is 0. The van der Waals surface area contributed by atoms with Crippen molar-refractivity contribution in [3.05, 3.63) is 84.0 Å². The molecule has 0 N–H and O–H groups in total. The molecule has 3 heteroatoms. The normalized spacial score (nSPS) is 20.1. The monoisotopic (exact) mass is 516 g/mol. The van der Waals surface area contributed by atoms with Crippen LogP contribution in [0.1, 0.15) is 117 Å². The minimum Gasteiger partial charge on any atom is -0.171 e. The van der Waals surface area contributed by atoms with Crippen molar-refractivity contribution in [2.24, 2.45) is 11.3 Å². The van der Waals surface area contributed by atoms with E-state index in [1.165, 1.54) is 57.8 Å². The molecule has 1 aliphatic rings. The Bertz CT molecular complexity index is 851. The van der Waals surface area contributed by atoms with Gasteiger partial charge in [0.15, 0.2) is 0 Å². The van der Waals surface area contributed by atoms with E-state index in [0.29, 0.717) is 11.0 Å². The lowest BCUT2D eigenvalue weighted by molar-refractivity contribution is -0.133. The van der Waals surface area contributed by atoms with Gasteiger partial charge in [-0.3, -0.25) is 0 Å². The first-order chi connectivity index (χ1) is 17.5. The number of halogens is 3. The SMILES string of the molecule is C=C/C=C\C(C(=C)C)=C(/C)CCC(F)(F)F.CCCC1CC(c2ccccc2)CC(CCC)(CCC)C1. The van der Waals surface area contributed by atoms with E-state index in [2.05, 4.69) is 64.3 Å². The molecule has 1 aromatic carbocycles. The maximum Gasteiger partial charge on any atom is 0.389 e. The van der Waals surface area contributed by atoms with Gasteiger partial charge in [0, 0.05) is 6.42 Å². The van der Waals surface area contributed by atoms with Crippen molar-refractivity contribution >= 4 is 0 Å². The quantitative estimate of drug-likeness (QED) is 0.242. The number of allylic oxidation sites excluding steroid dienone is 6. The third kappa shape index (κ3) is 12.4. The summed E-state index contributed by atoms with van der Waals surface area (Å²) < 4.78 is 36.2. The number of hydrogen-bond donors (Lipinski definition) is 0. The lowest BCUT2D eigenvalue weighted by Crippen LogP contribution is -2.32. The zero-order valence-electron chi connectivity index (χ0n) is 24.1. The maximum absolute atomic E-state index is 12.1. The van der Waals surface area contributed by atoms with Gasteiger partial charge in [-0.15, -0.1) is 0 Å². The highest BCUT2D eigenvalue weighted by Gasteiger charge is 2.39. The van der Waals surface area contributed by atoms with Crippen LogP contribution in [0.25, 0.3) is 0 Å². The molecule has 2 rings (SSSR count). The van der Waals surface area contributed by atoms with Crippen LogP contribution in [0.3, 0.4) is 0 Å².